The van der Waals surface area contributed by atoms with Crippen LogP contribution in [0.15, 0.2) is 0 Å². The van der Waals surface area contributed by atoms with E-state index in [0.29, 0.717) is 11.2 Å². The Kier molecular flexibility index (Phi) is 2.63. The van der Waals surface area contributed by atoms with Gasteiger partial charge in [0.1, 0.15) is 7.85 Å². The number of fused-ring (bicyclic) bond motifs is 1. The van der Waals surface area contributed by atoms with Crippen LogP contribution >= 0.6 is 12.2 Å². The molecule has 2 fully saturated rings. The van der Waals surface area contributed by atoms with Gasteiger partial charge in [-0.1, -0.05) is 30.9 Å². The summed E-state index contributed by atoms with van der Waals surface area (Å²) in [5.74, 6) is 1.60. The summed E-state index contributed by atoms with van der Waals surface area (Å²) in [5, 5.41) is 0.517. The molecule has 1 saturated heterocycles. The first-order valence-electron chi connectivity index (χ1n) is 5.75. The largest absolute Gasteiger partial charge is 0.369 e. The van der Waals surface area contributed by atoms with Crippen LogP contribution in [0.2, 0.25) is 5.31 Å². The van der Waals surface area contributed by atoms with E-state index in [-0.39, 0.29) is 0 Å². The van der Waals surface area contributed by atoms with E-state index in [9.17, 15) is 0 Å². The number of hydrogen-bond acceptors (Lipinski definition) is 1. The van der Waals surface area contributed by atoms with Gasteiger partial charge in [-0.2, -0.15) is 0 Å². The Morgan fingerprint density at radius 3 is 2.93 bits per heavy atom. The molecule has 2 rings (SSSR count). The van der Waals surface area contributed by atoms with Gasteiger partial charge in [0, 0.05) is 19.5 Å². The summed E-state index contributed by atoms with van der Waals surface area (Å²) in [6, 6.07) is 0. The fraction of sp³-hybridized carbons (Fsp3) is 0.909. The lowest BCUT2D eigenvalue weighted by Crippen LogP contribution is -2.45. The van der Waals surface area contributed by atoms with Crippen LogP contribution < -0.4 is 0 Å². The van der Waals surface area contributed by atoms with Crippen LogP contribution in [0.4, 0.5) is 0 Å². The molecule has 1 aliphatic carbocycles. The zero-order chi connectivity index (χ0) is 10.3. The molecule has 3 atom stereocenters. The average Bonchev–Trinajstić information content (AvgIpc) is 2.11. The first kappa shape index (κ1) is 10.5. The standard InChI is InChI=1S/C11H20BNS/c1-11(12)5-3-8-4-6-13(2)10(14)9(8)7-11/h8-9H,3-7,12H2,1-2H3. The summed E-state index contributed by atoms with van der Waals surface area (Å²) in [6.45, 7) is 3.57. The molecule has 1 aliphatic heterocycles. The van der Waals surface area contributed by atoms with Crippen LogP contribution in [0.25, 0.3) is 0 Å². The minimum atomic E-state index is 0.517. The molecule has 0 N–H and O–H groups in total. The van der Waals surface area contributed by atoms with Gasteiger partial charge in [0.05, 0.1) is 4.99 Å². The Hall–Kier alpha value is -0.0451. The normalized spacial score (nSPS) is 43.6. The number of piperidine rings is 1. The minimum Gasteiger partial charge on any atom is -0.369 e. The predicted octanol–water partition coefficient (Wildman–Crippen LogP) is 1.88. The highest BCUT2D eigenvalue weighted by Gasteiger charge is 2.39. The van der Waals surface area contributed by atoms with E-state index in [1.54, 1.807) is 0 Å². The first-order valence-corrected chi connectivity index (χ1v) is 6.15. The summed E-state index contributed by atoms with van der Waals surface area (Å²) in [7, 11) is 4.54. The van der Waals surface area contributed by atoms with Crippen molar-refractivity contribution in [3.05, 3.63) is 0 Å². The van der Waals surface area contributed by atoms with Gasteiger partial charge in [-0.05, 0) is 25.2 Å². The minimum absolute atomic E-state index is 0.517. The quantitative estimate of drug-likeness (QED) is 0.442. The van der Waals surface area contributed by atoms with E-state index in [0.717, 1.165) is 5.92 Å². The molecule has 0 radical (unpaired) electrons. The van der Waals surface area contributed by atoms with Crippen molar-refractivity contribution >= 4 is 25.1 Å². The molecule has 0 bridgehead atoms. The molecule has 1 saturated carbocycles. The lowest BCUT2D eigenvalue weighted by atomic mass is 9.55. The lowest BCUT2D eigenvalue weighted by Gasteiger charge is -2.46. The number of likely N-dealkylation sites (tertiary alicyclic amines) is 1. The molecule has 0 spiro atoms. The first-order chi connectivity index (χ1) is 6.49. The number of rotatable bonds is 0. The van der Waals surface area contributed by atoms with E-state index in [4.69, 9.17) is 12.2 Å². The Balaban J connectivity index is 2.13. The van der Waals surface area contributed by atoms with Gasteiger partial charge in [-0.3, -0.25) is 0 Å². The molecule has 2 aliphatic rings. The van der Waals surface area contributed by atoms with Crippen LogP contribution in [0.5, 0.6) is 0 Å². The molecular weight excluding hydrogens is 189 g/mol. The number of hydrogen-bond donors (Lipinski definition) is 0. The smallest absolute Gasteiger partial charge is 0.109 e. The fourth-order valence-corrected chi connectivity index (χ4v) is 3.40. The summed E-state index contributed by atoms with van der Waals surface area (Å²) in [6.07, 6.45) is 5.45. The van der Waals surface area contributed by atoms with Crippen LogP contribution in [-0.4, -0.2) is 31.3 Å². The summed E-state index contributed by atoms with van der Waals surface area (Å²) in [5.41, 5.74) is 0. The Bertz CT molecular complexity index is 252. The van der Waals surface area contributed by atoms with E-state index in [1.165, 1.54) is 37.2 Å². The molecule has 0 aromatic rings. The van der Waals surface area contributed by atoms with Crippen LogP contribution in [0.3, 0.4) is 0 Å². The van der Waals surface area contributed by atoms with Crippen molar-refractivity contribution < 1.29 is 0 Å². The van der Waals surface area contributed by atoms with Gasteiger partial charge in [0.2, 0.25) is 0 Å². The summed E-state index contributed by atoms with van der Waals surface area (Å²) >= 11 is 5.55. The monoisotopic (exact) mass is 209 g/mol. The average molecular weight is 209 g/mol. The Morgan fingerprint density at radius 1 is 1.50 bits per heavy atom. The second-order valence-electron chi connectivity index (χ2n) is 5.82. The molecule has 1 heterocycles. The van der Waals surface area contributed by atoms with Crippen molar-refractivity contribution in [2.75, 3.05) is 13.6 Å². The maximum absolute atomic E-state index is 5.55. The molecule has 78 valence electrons. The van der Waals surface area contributed by atoms with Crippen LogP contribution in [0.1, 0.15) is 32.6 Å². The Morgan fingerprint density at radius 2 is 2.21 bits per heavy atom. The molecule has 3 heteroatoms. The third kappa shape index (κ3) is 1.84. The van der Waals surface area contributed by atoms with Crippen molar-refractivity contribution in [3.63, 3.8) is 0 Å². The zero-order valence-corrected chi connectivity index (χ0v) is 10.4. The van der Waals surface area contributed by atoms with Crippen molar-refractivity contribution in [1.29, 1.82) is 0 Å². The molecule has 0 aromatic carbocycles. The van der Waals surface area contributed by atoms with Gasteiger partial charge in [-0.15, -0.1) is 0 Å². The van der Waals surface area contributed by atoms with Gasteiger partial charge in [0.15, 0.2) is 0 Å². The van der Waals surface area contributed by atoms with Crippen molar-refractivity contribution in [2.24, 2.45) is 11.8 Å². The maximum atomic E-state index is 5.55. The fourth-order valence-electron chi connectivity index (χ4n) is 3.03. The second kappa shape index (κ2) is 3.51. The predicted molar refractivity (Wildman–Crippen MR) is 67.6 cm³/mol. The highest BCUT2D eigenvalue weighted by Crippen LogP contribution is 2.48. The maximum Gasteiger partial charge on any atom is 0.109 e. The lowest BCUT2D eigenvalue weighted by molar-refractivity contribution is 0.193. The van der Waals surface area contributed by atoms with Gasteiger partial charge in [-0.25, -0.2) is 0 Å². The van der Waals surface area contributed by atoms with Crippen molar-refractivity contribution in [3.8, 4) is 0 Å². The zero-order valence-electron chi connectivity index (χ0n) is 9.55. The van der Waals surface area contributed by atoms with E-state index in [1.807, 2.05) is 0 Å². The van der Waals surface area contributed by atoms with Gasteiger partial charge in [0.25, 0.3) is 0 Å². The number of thiocarbonyl (C=S) groups is 1. The van der Waals surface area contributed by atoms with Crippen molar-refractivity contribution in [2.45, 2.75) is 37.9 Å². The molecular formula is C11H20BNS. The SMILES string of the molecule is BC1(C)CCC2CCN(C)C(=S)C2C1. The van der Waals surface area contributed by atoms with E-state index in [2.05, 4.69) is 26.7 Å². The van der Waals surface area contributed by atoms with Crippen LogP contribution in [-0.2, 0) is 0 Å². The van der Waals surface area contributed by atoms with Crippen LogP contribution in [0, 0.1) is 11.8 Å². The summed E-state index contributed by atoms with van der Waals surface area (Å²) in [4.78, 5) is 3.52. The summed E-state index contributed by atoms with van der Waals surface area (Å²) < 4.78 is 0. The van der Waals surface area contributed by atoms with Gasteiger partial charge >= 0.3 is 0 Å². The highest BCUT2D eigenvalue weighted by atomic mass is 32.1. The molecule has 0 amide bonds. The molecule has 1 nitrogen and oxygen atoms in total. The third-order valence-electron chi connectivity index (χ3n) is 4.06. The topological polar surface area (TPSA) is 3.24 Å². The van der Waals surface area contributed by atoms with E-state index >= 15 is 0 Å². The second-order valence-corrected chi connectivity index (χ2v) is 6.24. The molecule has 0 aromatic heterocycles. The highest BCUT2D eigenvalue weighted by molar-refractivity contribution is 7.80. The molecule has 14 heavy (non-hydrogen) atoms. The third-order valence-corrected chi connectivity index (χ3v) is 4.68. The molecule has 3 unspecified atom stereocenters. The van der Waals surface area contributed by atoms with Gasteiger partial charge < -0.3 is 4.90 Å². The Labute approximate surface area is 93.6 Å². The van der Waals surface area contributed by atoms with E-state index < -0.39 is 0 Å². The number of nitrogens with zero attached hydrogens (tertiary/aromatic N) is 1. The van der Waals surface area contributed by atoms with Crippen molar-refractivity contribution in [1.82, 2.24) is 4.90 Å².